The van der Waals surface area contributed by atoms with Gasteiger partial charge in [0.05, 0.1) is 13.2 Å². The number of thiophene rings is 2. The van der Waals surface area contributed by atoms with E-state index in [9.17, 15) is 4.79 Å². The Balaban J connectivity index is 1.74. The standard InChI is InChI=1S/C20H19NO2S2/c1-13-5-6-14(12-16(13)23-2)20(22)21-9-7-17-15(8-11-25-17)19(21)18-4-3-10-24-18/h3-6,8,10-12,19H,7,9H2,1-2H3/t19-/m0/s1. The highest BCUT2D eigenvalue weighted by molar-refractivity contribution is 7.10. The van der Waals surface area contributed by atoms with Crippen molar-refractivity contribution in [3.05, 3.63) is 73.6 Å². The van der Waals surface area contributed by atoms with Gasteiger partial charge in [0, 0.05) is 21.9 Å². The van der Waals surface area contributed by atoms with E-state index in [0.717, 1.165) is 24.3 Å². The zero-order chi connectivity index (χ0) is 17.4. The second kappa shape index (κ2) is 6.65. The van der Waals surface area contributed by atoms with Gasteiger partial charge >= 0.3 is 0 Å². The lowest BCUT2D eigenvalue weighted by Gasteiger charge is -2.35. The molecule has 4 rings (SSSR count). The molecule has 0 radical (unpaired) electrons. The molecule has 0 saturated heterocycles. The number of nitrogens with zero attached hydrogens (tertiary/aromatic N) is 1. The van der Waals surface area contributed by atoms with Gasteiger partial charge in [-0.05, 0) is 59.5 Å². The number of amides is 1. The van der Waals surface area contributed by atoms with Gasteiger partial charge in [-0.3, -0.25) is 4.79 Å². The predicted molar refractivity (Wildman–Crippen MR) is 103 cm³/mol. The molecule has 0 bridgehead atoms. The first-order valence-electron chi connectivity index (χ1n) is 8.24. The van der Waals surface area contributed by atoms with Crippen molar-refractivity contribution in [1.82, 2.24) is 4.90 Å². The Morgan fingerprint density at radius 3 is 2.84 bits per heavy atom. The number of rotatable bonds is 3. The second-order valence-electron chi connectivity index (χ2n) is 6.15. The minimum Gasteiger partial charge on any atom is -0.496 e. The van der Waals surface area contributed by atoms with Crippen LogP contribution in [0, 0.1) is 6.92 Å². The Morgan fingerprint density at radius 1 is 1.20 bits per heavy atom. The molecule has 0 saturated carbocycles. The van der Waals surface area contributed by atoms with Crippen LogP contribution in [0.5, 0.6) is 5.75 Å². The van der Waals surface area contributed by atoms with Crippen LogP contribution >= 0.6 is 22.7 Å². The lowest BCUT2D eigenvalue weighted by atomic mass is 9.97. The fourth-order valence-corrected chi connectivity index (χ4v) is 5.17. The third kappa shape index (κ3) is 2.87. The van der Waals surface area contributed by atoms with Crippen LogP contribution in [0.2, 0.25) is 0 Å². The molecule has 0 unspecified atom stereocenters. The number of hydrogen-bond acceptors (Lipinski definition) is 4. The van der Waals surface area contributed by atoms with E-state index in [1.165, 1.54) is 15.3 Å². The van der Waals surface area contributed by atoms with E-state index >= 15 is 0 Å². The molecule has 1 atom stereocenters. The van der Waals surface area contributed by atoms with Crippen LogP contribution < -0.4 is 4.74 Å². The van der Waals surface area contributed by atoms with Crippen LogP contribution in [0.25, 0.3) is 0 Å². The van der Waals surface area contributed by atoms with E-state index in [2.05, 4.69) is 29.0 Å². The highest BCUT2D eigenvalue weighted by atomic mass is 32.1. The van der Waals surface area contributed by atoms with E-state index in [4.69, 9.17) is 4.74 Å². The highest BCUT2D eigenvalue weighted by Gasteiger charge is 2.34. The van der Waals surface area contributed by atoms with Gasteiger partial charge in [-0.2, -0.15) is 0 Å². The molecule has 25 heavy (non-hydrogen) atoms. The minimum absolute atomic E-state index is 0.00907. The van der Waals surface area contributed by atoms with Crippen molar-refractivity contribution in [1.29, 1.82) is 0 Å². The van der Waals surface area contributed by atoms with Gasteiger partial charge < -0.3 is 9.64 Å². The Bertz CT molecular complexity index is 898. The Hall–Kier alpha value is -2.11. The third-order valence-electron chi connectivity index (χ3n) is 4.69. The largest absolute Gasteiger partial charge is 0.496 e. The summed E-state index contributed by atoms with van der Waals surface area (Å²) in [6.07, 6.45) is 0.920. The summed E-state index contributed by atoms with van der Waals surface area (Å²) in [6, 6.07) is 12.1. The molecule has 0 spiro atoms. The van der Waals surface area contributed by atoms with Gasteiger partial charge in [-0.15, -0.1) is 22.7 Å². The first-order chi connectivity index (χ1) is 12.2. The SMILES string of the molecule is COc1cc(C(=O)N2CCc3sccc3[C@H]2c2cccs2)ccc1C. The van der Waals surface area contributed by atoms with Gasteiger partial charge in [-0.25, -0.2) is 0 Å². The predicted octanol–water partition coefficient (Wildman–Crippen LogP) is 4.91. The molecular weight excluding hydrogens is 350 g/mol. The zero-order valence-corrected chi connectivity index (χ0v) is 15.8. The van der Waals surface area contributed by atoms with E-state index in [1.54, 1.807) is 29.8 Å². The van der Waals surface area contributed by atoms with Crippen LogP contribution in [0.3, 0.4) is 0 Å². The molecule has 0 N–H and O–H groups in total. The van der Waals surface area contributed by atoms with Crippen LogP contribution in [0.4, 0.5) is 0 Å². The molecule has 2 aromatic heterocycles. The summed E-state index contributed by atoms with van der Waals surface area (Å²) < 4.78 is 5.40. The van der Waals surface area contributed by atoms with E-state index < -0.39 is 0 Å². The monoisotopic (exact) mass is 369 g/mol. The van der Waals surface area contributed by atoms with Crippen molar-refractivity contribution in [3.63, 3.8) is 0 Å². The van der Waals surface area contributed by atoms with E-state index in [1.807, 2.05) is 30.0 Å². The van der Waals surface area contributed by atoms with Crippen molar-refractivity contribution < 1.29 is 9.53 Å². The first-order valence-corrected chi connectivity index (χ1v) is 10.00. The molecule has 1 aromatic carbocycles. The fourth-order valence-electron chi connectivity index (χ4n) is 3.41. The zero-order valence-electron chi connectivity index (χ0n) is 14.2. The maximum atomic E-state index is 13.3. The molecule has 1 aliphatic heterocycles. The summed E-state index contributed by atoms with van der Waals surface area (Å²) in [5.41, 5.74) is 2.99. The topological polar surface area (TPSA) is 29.5 Å². The normalized spacial score (nSPS) is 16.6. The third-order valence-corrected chi connectivity index (χ3v) is 6.62. The summed E-state index contributed by atoms with van der Waals surface area (Å²) >= 11 is 3.50. The molecule has 3 nitrogen and oxygen atoms in total. The maximum Gasteiger partial charge on any atom is 0.254 e. The van der Waals surface area contributed by atoms with E-state index in [0.29, 0.717) is 5.56 Å². The lowest BCUT2D eigenvalue weighted by molar-refractivity contribution is 0.0698. The van der Waals surface area contributed by atoms with Gasteiger partial charge in [-0.1, -0.05) is 12.1 Å². The Labute approximate surface area is 155 Å². The summed E-state index contributed by atoms with van der Waals surface area (Å²) in [7, 11) is 1.64. The lowest BCUT2D eigenvalue weighted by Crippen LogP contribution is -2.39. The van der Waals surface area contributed by atoms with E-state index in [-0.39, 0.29) is 11.9 Å². The average molecular weight is 370 g/mol. The van der Waals surface area contributed by atoms with Gasteiger partial charge in [0.1, 0.15) is 5.75 Å². The summed E-state index contributed by atoms with van der Waals surface area (Å²) in [6.45, 7) is 2.73. The molecule has 3 aromatic rings. The van der Waals surface area contributed by atoms with Crippen LogP contribution in [0.15, 0.2) is 47.2 Å². The maximum absolute atomic E-state index is 13.3. The van der Waals surface area contributed by atoms with Crippen LogP contribution in [-0.4, -0.2) is 24.5 Å². The smallest absolute Gasteiger partial charge is 0.254 e. The van der Waals surface area contributed by atoms with Crippen molar-refractivity contribution in [2.75, 3.05) is 13.7 Å². The molecule has 0 aliphatic carbocycles. The Kier molecular flexibility index (Phi) is 4.36. The van der Waals surface area contributed by atoms with Gasteiger partial charge in [0.2, 0.25) is 0 Å². The Morgan fingerprint density at radius 2 is 2.08 bits per heavy atom. The van der Waals surface area contributed by atoms with Crippen molar-refractivity contribution in [3.8, 4) is 5.75 Å². The fraction of sp³-hybridized carbons (Fsp3) is 0.250. The van der Waals surface area contributed by atoms with Crippen molar-refractivity contribution >= 4 is 28.6 Å². The number of fused-ring (bicyclic) bond motifs is 1. The minimum atomic E-state index is 0.00907. The number of hydrogen-bond donors (Lipinski definition) is 0. The summed E-state index contributed by atoms with van der Waals surface area (Å²) in [5.74, 6) is 0.820. The van der Waals surface area contributed by atoms with Crippen LogP contribution in [0.1, 0.15) is 37.3 Å². The second-order valence-corrected chi connectivity index (χ2v) is 8.13. The number of ether oxygens (including phenoxy) is 1. The van der Waals surface area contributed by atoms with Crippen molar-refractivity contribution in [2.24, 2.45) is 0 Å². The number of methoxy groups -OCH3 is 1. The van der Waals surface area contributed by atoms with Crippen molar-refractivity contribution in [2.45, 2.75) is 19.4 Å². The molecule has 3 heterocycles. The number of benzene rings is 1. The number of carbonyl (C=O) groups is 1. The molecule has 5 heteroatoms. The first kappa shape index (κ1) is 16.4. The molecule has 1 aliphatic rings. The molecule has 128 valence electrons. The highest BCUT2D eigenvalue weighted by Crippen LogP contribution is 2.40. The molecular formula is C20H19NO2S2. The molecule has 0 fully saturated rings. The number of carbonyl (C=O) groups excluding carboxylic acids is 1. The summed E-state index contributed by atoms with van der Waals surface area (Å²) in [5, 5.41) is 4.21. The average Bonchev–Trinajstić information content (AvgIpc) is 3.32. The quantitative estimate of drug-likeness (QED) is 0.656. The summed E-state index contributed by atoms with van der Waals surface area (Å²) in [4.78, 5) is 17.9. The van der Waals surface area contributed by atoms with Crippen LogP contribution in [-0.2, 0) is 6.42 Å². The van der Waals surface area contributed by atoms with Gasteiger partial charge in [0.15, 0.2) is 0 Å². The van der Waals surface area contributed by atoms with Gasteiger partial charge in [0.25, 0.3) is 5.91 Å². The molecule has 1 amide bonds. The number of aryl methyl sites for hydroxylation is 1.